The van der Waals surface area contributed by atoms with Gasteiger partial charge in [-0.2, -0.15) is 0 Å². The highest BCUT2D eigenvalue weighted by atomic mass is 19.1. The van der Waals surface area contributed by atoms with Gasteiger partial charge in [-0.05, 0) is 25.1 Å². The molecule has 10 heteroatoms. The first kappa shape index (κ1) is 19.7. The van der Waals surface area contributed by atoms with Crippen LogP contribution in [0.1, 0.15) is 18.9 Å². The van der Waals surface area contributed by atoms with Crippen LogP contribution in [0, 0.1) is 11.6 Å². The number of carbonyl (C=O) groups is 2. The number of oxime groups is 1. The van der Waals surface area contributed by atoms with Gasteiger partial charge in [0.1, 0.15) is 11.6 Å². The molecule has 28 heavy (non-hydrogen) atoms. The molecule has 0 aromatic heterocycles. The van der Waals surface area contributed by atoms with E-state index < -0.39 is 35.5 Å². The first-order valence-corrected chi connectivity index (χ1v) is 8.56. The molecule has 2 atom stereocenters. The quantitative estimate of drug-likeness (QED) is 0.823. The number of rotatable bonds is 5. The molecule has 150 valence electrons. The molecule has 1 aromatic carbocycles. The minimum absolute atomic E-state index is 0.143. The fourth-order valence-corrected chi connectivity index (χ4v) is 2.87. The molecule has 3 rings (SSSR count). The third-order valence-electron chi connectivity index (χ3n) is 4.29. The van der Waals surface area contributed by atoms with Crippen LogP contribution in [-0.2, 0) is 19.1 Å². The van der Waals surface area contributed by atoms with E-state index in [9.17, 15) is 18.4 Å². The third-order valence-corrected chi connectivity index (χ3v) is 4.29. The Labute approximate surface area is 159 Å². The molecule has 0 bridgehead atoms. The van der Waals surface area contributed by atoms with Crippen molar-refractivity contribution in [2.45, 2.75) is 25.2 Å². The van der Waals surface area contributed by atoms with Gasteiger partial charge in [-0.1, -0.05) is 5.16 Å². The van der Waals surface area contributed by atoms with Gasteiger partial charge in [0.2, 0.25) is 0 Å². The van der Waals surface area contributed by atoms with E-state index in [0.717, 1.165) is 18.2 Å². The topological polar surface area (TPSA) is 89.5 Å². The molecule has 0 radical (unpaired) electrons. The second-order valence-electron chi connectivity index (χ2n) is 6.19. The van der Waals surface area contributed by atoms with E-state index in [1.165, 1.54) is 18.2 Å². The minimum Gasteiger partial charge on any atom is -0.449 e. The maximum atomic E-state index is 13.4. The SMILES string of the molecule is CCOC(=O)N1C=CC(NC(=O)C2(OC)CC(c3cc(F)cc(F)c3)=NO2)C1. The summed E-state index contributed by atoms with van der Waals surface area (Å²) in [7, 11) is 1.26. The van der Waals surface area contributed by atoms with Crippen LogP contribution >= 0.6 is 0 Å². The van der Waals surface area contributed by atoms with Crippen molar-refractivity contribution in [3.05, 3.63) is 47.7 Å². The molecule has 2 unspecified atom stereocenters. The van der Waals surface area contributed by atoms with Crippen LogP contribution < -0.4 is 5.32 Å². The van der Waals surface area contributed by atoms with Crippen molar-refractivity contribution in [1.29, 1.82) is 0 Å². The van der Waals surface area contributed by atoms with E-state index in [1.807, 2.05) is 0 Å². The molecule has 2 heterocycles. The Hall–Kier alpha value is -3.01. The molecular formula is C18H19F2N3O5. The average molecular weight is 395 g/mol. The standard InChI is InChI=1S/C18H19F2N3O5/c1-3-27-17(25)23-5-4-14(10-23)21-16(24)18(26-2)9-15(22-28-18)11-6-12(19)8-13(20)7-11/h4-8,14H,3,9-10H2,1-2H3,(H,21,24). The Morgan fingerprint density at radius 3 is 2.71 bits per heavy atom. The van der Waals surface area contributed by atoms with Crippen molar-refractivity contribution in [3.63, 3.8) is 0 Å². The van der Waals surface area contributed by atoms with Crippen LogP contribution in [0.5, 0.6) is 0 Å². The summed E-state index contributed by atoms with van der Waals surface area (Å²) in [5.41, 5.74) is 0.323. The van der Waals surface area contributed by atoms with Crippen LogP contribution in [-0.4, -0.2) is 54.7 Å². The summed E-state index contributed by atoms with van der Waals surface area (Å²) in [6, 6.07) is 2.43. The first-order valence-electron chi connectivity index (χ1n) is 8.56. The number of nitrogens with one attached hydrogen (secondary N) is 1. The summed E-state index contributed by atoms with van der Waals surface area (Å²) < 4.78 is 37.0. The van der Waals surface area contributed by atoms with Gasteiger partial charge in [0.05, 0.1) is 31.3 Å². The van der Waals surface area contributed by atoms with E-state index in [4.69, 9.17) is 14.3 Å². The van der Waals surface area contributed by atoms with Crippen LogP contribution in [0.3, 0.4) is 0 Å². The van der Waals surface area contributed by atoms with Crippen molar-refractivity contribution in [3.8, 4) is 0 Å². The molecule has 1 aromatic rings. The second-order valence-corrected chi connectivity index (χ2v) is 6.19. The van der Waals surface area contributed by atoms with E-state index in [0.29, 0.717) is 0 Å². The molecular weight excluding hydrogens is 376 g/mol. The highest BCUT2D eigenvalue weighted by Gasteiger charge is 2.48. The summed E-state index contributed by atoms with van der Waals surface area (Å²) in [4.78, 5) is 31.0. The minimum atomic E-state index is -1.77. The van der Waals surface area contributed by atoms with Crippen molar-refractivity contribution in [1.82, 2.24) is 10.2 Å². The summed E-state index contributed by atoms with van der Waals surface area (Å²) in [5, 5.41) is 6.46. The molecule has 2 amide bonds. The summed E-state index contributed by atoms with van der Waals surface area (Å²) in [6.45, 7) is 2.12. The van der Waals surface area contributed by atoms with E-state index in [2.05, 4.69) is 10.5 Å². The Morgan fingerprint density at radius 2 is 2.07 bits per heavy atom. The summed E-state index contributed by atoms with van der Waals surface area (Å²) >= 11 is 0. The van der Waals surface area contributed by atoms with Gasteiger partial charge in [-0.3, -0.25) is 9.69 Å². The van der Waals surface area contributed by atoms with E-state index >= 15 is 0 Å². The molecule has 0 aliphatic carbocycles. The number of methoxy groups -OCH3 is 1. The zero-order valence-corrected chi connectivity index (χ0v) is 15.3. The summed E-state index contributed by atoms with van der Waals surface area (Å²) in [6.07, 6.45) is 2.47. The van der Waals surface area contributed by atoms with Gasteiger partial charge in [-0.15, -0.1) is 0 Å². The van der Waals surface area contributed by atoms with E-state index in [-0.39, 0.29) is 30.8 Å². The van der Waals surface area contributed by atoms with Crippen molar-refractivity contribution >= 4 is 17.7 Å². The fraction of sp³-hybridized carbons (Fsp3) is 0.389. The van der Waals surface area contributed by atoms with Crippen LogP contribution in [0.2, 0.25) is 0 Å². The fourth-order valence-electron chi connectivity index (χ4n) is 2.87. The number of carbonyl (C=O) groups excluding carboxylic acids is 2. The van der Waals surface area contributed by atoms with Crippen LogP contribution in [0.4, 0.5) is 13.6 Å². The maximum Gasteiger partial charge on any atom is 0.413 e. The monoisotopic (exact) mass is 395 g/mol. The zero-order valence-electron chi connectivity index (χ0n) is 15.3. The lowest BCUT2D eigenvalue weighted by Gasteiger charge is -2.25. The molecule has 8 nitrogen and oxygen atoms in total. The maximum absolute atomic E-state index is 13.4. The number of benzene rings is 1. The number of nitrogens with zero attached hydrogens (tertiary/aromatic N) is 2. The lowest BCUT2D eigenvalue weighted by Crippen LogP contribution is -2.52. The number of ether oxygens (including phenoxy) is 2. The molecule has 1 N–H and O–H groups in total. The smallest absolute Gasteiger partial charge is 0.413 e. The van der Waals surface area contributed by atoms with Crippen LogP contribution in [0.25, 0.3) is 0 Å². The Kier molecular flexibility index (Phi) is 5.59. The predicted molar refractivity (Wildman–Crippen MR) is 93.1 cm³/mol. The highest BCUT2D eigenvalue weighted by Crippen LogP contribution is 2.29. The molecule has 2 aliphatic rings. The third kappa shape index (κ3) is 3.96. The number of hydrogen-bond acceptors (Lipinski definition) is 6. The van der Waals surface area contributed by atoms with Gasteiger partial charge >= 0.3 is 11.9 Å². The molecule has 0 saturated heterocycles. The van der Waals surface area contributed by atoms with Crippen LogP contribution in [0.15, 0.2) is 35.6 Å². The van der Waals surface area contributed by atoms with Gasteiger partial charge in [-0.25, -0.2) is 13.6 Å². The zero-order chi connectivity index (χ0) is 20.3. The van der Waals surface area contributed by atoms with Crippen molar-refractivity contribution in [2.24, 2.45) is 5.16 Å². The van der Waals surface area contributed by atoms with Crippen molar-refractivity contribution < 1.29 is 32.7 Å². The van der Waals surface area contributed by atoms with Gasteiger partial charge < -0.3 is 19.6 Å². The Bertz CT molecular complexity index is 824. The van der Waals surface area contributed by atoms with Gasteiger partial charge in [0.15, 0.2) is 0 Å². The van der Waals surface area contributed by atoms with E-state index in [1.54, 1.807) is 13.0 Å². The van der Waals surface area contributed by atoms with Gasteiger partial charge in [0.25, 0.3) is 5.91 Å². The van der Waals surface area contributed by atoms with Gasteiger partial charge in [0, 0.05) is 24.9 Å². The molecule has 0 spiro atoms. The number of halogens is 2. The molecule has 0 saturated carbocycles. The van der Waals surface area contributed by atoms with Crippen molar-refractivity contribution in [2.75, 3.05) is 20.3 Å². The normalized spacial score (nSPS) is 23.4. The molecule has 2 aliphatic heterocycles. The largest absolute Gasteiger partial charge is 0.449 e. The Balaban J connectivity index is 1.65. The summed E-state index contributed by atoms with van der Waals surface area (Å²) in [5.74, 6) is -3.95. The number of amides is 2. The lowest BCUT2D eigenvalue weighted by molar-refractivity contribution is -0.209. The average Bonchev–Trinajstić information content (AvgIpc) is 3.29. The Morgan fingerprint density at radius 1 is 1.36 bits per heavy atom. The highest BCUT2D eigenvalue weighted by molar-refractivity contribution is 6.05. The molecule has 0 fully saturated rings. The number of hydrogen-bond donors (Lipinski definition) is 1. The second kappa shape index (κ2) is 7.93. The predicted octanol–water partition coefficient (Wildman–Crippen LogP) is 1.90. The lowest BCUT2D eigenvalue weighted by atomic mass is 10.0. The first-order chi connectivity index (χ1) is 13.4.